The summed E-state index contributed by atoms with van der Waals surface area (Å²) in [6, 6.07) is 8.46. The molecule has 0 radical (unpaired) electrons. The first kappa shape index (κ1) is 15.6. The van der Waals surface area contributed by atoms with E-state index in [1.54, 1.807) is 30.5 Å². The van der Waals surface area contributed by atoms with Crippen molar-refractivity contribution in [3.05, 3.63) is 59.7 Å². The standard InChI is InChI=1S/C15H18N2O3S/c1-15(2,3)11-7-9-17-13(10-11)14(21(18,19)20)12-6-4-5-8-16-12/h4-10,14H,1-3H3,(H,18,19,20). The number of nitrogens with zero attached hydrogens (tertiary/aromatic N) is 2. The molecule has 1 N–H and O–H groups in total. The maximum atomic E-state index is 11.8. The fourth-order valence-electron chi connectivity index (χ4n) is 2.05. The van der Waals surface area contributed by atoms with Crippen molar-refractivity contribution < 1.29 is 13.0 Å². The number of pyridine rings is 2. The van der Waals surface area contributed by atoms with Gasteiger partial charge in [0.1, 0.15) is 0 Å². The van der Waals surface area contributed by atoms with Gasteiger partial charge in [-0.3, -0.25) is 14.5 Å². The van der Waals surface area contributed by atoms with Crippen LogP contribution in [-0.2, 0) is 15.5 Å². The van der Waals surface area contributed by atoms with E-state index in [0.717, 1.165) is 5.56 Å². The molecule has 0 fully saturated rings. The topological polar surface area (TPSA) is 80.2 Å². The number of aromatic nitrogens is 2. The second-order valence-corrected chi connectivity index (χ2v) is 7.37. The van der Waals surface area contributed by atoms with E-state index >= 15 is 0 Å². The molecule has 0 saturated carbocycles. The highest BCUT2D eigenvalue weighted by Gasteiger charge is 2.30. The summed E-state index contributed by atoms with van der Waals surface area (Å²) in [5.74, 6) is 0. The third kappa shape index (κ3) is 3.65. The Bertz CT molecular complexity index is 722. The second-order valence-electron chi connectivity index (χ2n) is 5.87. The van der Waals surface area contributed by atoms with Gasteiger partial charge in [-0.05, 0) is 35.2 Å². The predicted molar refractivity (Wildman–Crippen MR) is 80.6 cm³/mol. The molecular formula is C15H18N2O3S. The Morgan fingerprint density at radius 2 is 1.71 bits per heavy atom. The van der Waals surface area contributed by atoms with Crippen LogP contribution in [0.4, 0.5) is 0 Å². The van der Waals surface area contributed by atoms with Crippen LogP contribution >= 0.6 is 0 Å². The van der Waals surface area contributed by atoms with Gasteiger partial charge in [-0.1, -0.05) is 26.8 Å². The van der Waals surface area contributed by atoms with Crippen LogP contribution in [0.5, 0.6) is 0 Å². The monoisotopic (exact) mass is 306 g/mol. The molecule has 2 heterocycles. The number of hydrogen-bond donors (Lipinski definition) is 1. The van der Waals surface area contributed by atoms with Crippen LogP contribution < -0.4 is 0 Å². The minimum Gasteiger partial charge on any atom is -0.285 e. The Labute approximate surface area is 124 Å². The quantitative estimate of drug-likeness (QED) is 0.882. The molecule has 0 spiro atoms. The van der Waals surface area contributed by atoms with Crippen molar-refractivity contribution in [1.82, 2.24) is 9.97 Å². The summed E-state index contributed by atoms with van der Waals surface area (Å²) >= 11 is 0. The van der Waals surface area contributed by atoms with E-state index in [0.29, 0.717) is 0 Å². The maximum Gasteiger partial charge on any atom is 0.279 e. The lowest BCUT2D eigenvalue weighted by Gasteiger charge is -2.21. The SMILES string of the molecule is CC(C)(C)c1ccnc(C(c2ccccn2)S(=O)(=O)O)c1. The molecule has 0 amide bonds. The first-order chi connectivity index (χ1) is 9.69. The fourth-order valence-corrected chi connectivity index (χ4v) is 2.92. The normalized spacial score (nSPS) is 13.9. The van der Waals surface area contributed by atoms with Crippen LogP contribution in [-0.4, -0.2) is 22.9 Å². The van der Waals surface area contributed by atoms with Crippen LogP contribution in [0.3, 0.4) is 0 Å². The van der Waals surface area contributed by atoms with Crippen molar-refractivity contribution >= 4 is 10.1 Å². The van der Waals surface area contributed by atoms with E-state index in [1.807, 2.05) is 26.8 Å². The maximum absolute atomic E-state index is 11.8. The lowest BCUT2D eigenvalue weighted by atomic mass is 9.87. The Hall–Kier alpha value is -1.79. The fraction of sp³-hybridized carbons (Fsp3) is 0.333. The van der Waals surface area contributed by atoms with Gasteiger partial charge < -0.3 is 0 Å². The molecule has 2 aromatic rings. The van der Waals surface area contributed by atoms with Crippen LogP contribution in [0.25, 0.3) is 0 Å². The summed E-state index contributed by atoms with van der Waals surface area (Å²) in [7, 11) is -4.36. The lowest BCUT2D eigenvalue weighted by Crippen LogP contribution is -2.18. The van der Waals surface area contributed by atoms with Crippen molar-refractivity contribution in [2.45, 2.75) is 31.4 Å². The molecule has 0 aliphatic rings. The molecule has 21 heavy (non-hydrogen) atoms. The van der Waals surface area contributed by atoms with Crippen molar-refractivity contribution in [3.8, 4) is 0 Å². The molecule has 112 valence electrons. The zero-order chi connectivity index (χ0) is 15.7. The van der Waals surface area contributed by atoms with Gasteiger partial charge in [-0.2, -0.15) is 8.42 Å². The van der Waals surface area contributed by atoms with Crippen LogP contribution in [0, 0.1) is 0 Å². The van der Waals surface area contributed by atoms with E-state index in [9.17, 15) is 13.0 Å². The second kappa shape index (κ2) is 5.54. The summed E-state index contributed by atoms with van der Waals surface area (Å²) in [5, 5.41) is -1.28. The van der Waals surface area contributed by atoms with Gasteiger partial charge >= 0.3 is 0 Å². The third-order valence-electron chi connectivity index (χ3n) is 3.17. The zero-order valence-electron chi connectivity index (χ0n) is 12.2. The summed E-state index contributed by atoms with van der Waals surface area (Å²) in [6.45, 7) is 6.07. The highest BCUT2D eigenvalue weighted by molar-refractivity contribution is 7.86. The molecule has 0 aromatic carbocycles. The van der Waals surface area contributed by atoms with E-state index < -0.39 is 15.4 Å². The lowest BCUT2D eigenvalue weighted by molar-refractivity contribution is 0.473. The Balaban J connectivity index is 2.59. The minimum absolute atomic E-state index is 0.147. The van der Waals surface area contributed by atoms with Gasteiger partial charge in [0.15, 0.2) is 5.25 Å². The van der Waals surface area contributed by atoms with Crippen molar-refractivity contribution in [1.29, 1.82) is 0 Å². The van der Waals surface area contributed by atoms with E-state index in [2.05, 4.69) is 9.97 Å². The molecule has 0 bridgehead atoms. The van der Waals surface area contributed by atoms with Gasteiger partial charge in [-0.25, -0.2) is 0 Å². The molecule has 1 unspecified atom stereocenters. The first-order valence-electron chi connectivity index (χ1n) is 6.53. The summed E-state index contributed by atoms with van der Waals surface area (Å²) in [4.78, 5) is 8.15. The molecule has 1 atom stereocenters. The average molecular weight is 306 g/mol. The molecular weight excluding hydrogens is 288 g/mol. The third-order valence-corrected chi connectivity index (χ3v) is 4.25. The van der Waals surface area contributed by atoms with E-state index in [-0.39, 0.29) is 16.8 Å². The Morgan fingerprint density at radius 3 is 2.24 bits per heavy atom. The van der Waals surface area contributed by atoms with Gasteiger partial charge in [0.2, 0.25) is 0 Å². The molecule has 0 aliphatic carbocycles. The highest BCUT2D eigenvalue weighted by Crippen LogP contribution is 2.30. The molecule has 2 aromatic heterocycles. The van der Waals surface area contributed by atoms with Crippen LogP contribution in [0.1, 0.15) is 43.0 Å². The first-order valence-corrected chi connectivity index (χ1v) is 8.03. The van der Waals surface area contributed by atoms with Crippen molar-refractivity contribution in [2.24, 2.45) is 0 Å². The number of hydrogen-bond acceptors (Lipinski definition) is 4. The van der Waals surface area contributed by atoms with E-state index in [4.69, 9.17) is 0 Å². The summed E-state index contributed by atoms with van der Waals surface area (Å²) in [6.07, 6.45) is 3.04. The molecule has 5 nitrogen and oxygen atoms in total. The molecule has 6 heteroatoms. The van der Waals surface area contributed by atoms with Crippen LogP contribution in [0.15, 0.2) is 42.7 Å². The van der Waals surface area contributed by atoms with Crippen molar-refractivity contribution in [2.75, 3.05) is 0 Å². The van der Waals surface area contributed by atoms with Gasteiger partial charge in [-0.15, -0.1) is 0 Å². The number of rotatable bonds is 3. The van der Waals surface area contributed by atoms with E-state index in [1.165, 1.54) is 6.20 Å². The minimum atomic E-state index is -4.36. The predicted octanol–water partition coefficient (Wildman–Crippen LogP) is 2.75. The smallest absolute Gasteiger partial charge is 0.279 e. The largest absolute Gasteiger partial charge is 0.285 e. The highest BCUT2D eigenvalue weighted by atomic mass is 32.2. The van der Waals surface area contributed by atoms with Gasteiger partial charge in [0.25, 0.3) is 10.1 Å². The zero-order valence-corrected chi connectivity index (χ0v) is 13.0. The Kier molecular flexibility index (Phi) is 4.11. The molecule has 0 saturated heterocycles. The summed E-state index contributed by atoms with van der Waals surface area (Å²) < 4.78 is 33.1. The molecule has 0 aliphatic heterocycles. The van der Waals surface area contributed by atoms with Crippen LogP contribution in [0.2, 0.25) is 0 Å². The van der Waals surface area contributed by atoms with Gasteiger partial charge in [0, 0.05) is 12.4 Å². The summed E-state index contributed by atoms with van der Waals surface area (Å²) in [5.41, 5.74) is 1.31. The van der Waals surface area contributed by atoms with Crippen molar-refractivity contribution in [3.63, 3.8) is 0 Å². The average Bonchev–Trinajstić information content (AvgIpc) is 2.38. The Morgan fingerprint density at radius 1 is 1.05 bits per heavy atom. The van der Waals surface area contributed by atoms with Gasteiger partial charge in [0.05, 0.1) is 11.4 Å². The molecule has 2 rings (SSSR count).